The zero-order chi connectivity index (χ0) is 17.1. The van der Waals surface area contributed by atoms with Gasteiger partial charge in [-0.2, -0.15) is 0 Å². The molecule has 2 heterocycles. The average molecular weight is 431 g/mol. The van der Waals surface area contributed by atoms with Gasteiger partial charge in [0.2, 0.25) is 5.91 Å². The third-order valence-corrected chi connectivity index (χ3v) is 5.54. The lowest BCUT2D eigenvalue weighted by molar-refractivity contribution is -0.139. The number of nitrogens with zero attached hydrogens (tertiary/aromatic N) is 2. The van der Waals surface area contributed by atoms with Crippen LogP contribution < -0.4 is 5.32 Å². The Labute approximate surface area is 163 Å². The number of benzene rings is 1. The maximum Gasteiger partial charge on any atom is 0.253 e. The molecular formula is C18H25BrClN3O2. The topological polar surface area (TPSA) is 52.7 Å². The molecule has 1 aromatic carbocycles. The monoisotopic (exact) mass is 429 g/mol. The molecule has 1 N–H and O–H groups in total. The van der Waals surface area contributed by atoms with Crippen molar-refractivity contribution >= 4 is 40.2 Å². The zero-order valence-corrected chi connectivity index (χ0v) is 16.8. The van der Waals surface area contributed by atoms with Gasteiger partial charge in [-0.1, -0.05) is 15.9 Å². The number of hydrogen-bond donors (Lipinski definition) is 1. The Morgan fingerprint density at radius 1 is 1.12 bits per heavy atom. The highest BCUT2D eigenvalue weighted by Gasteiger charge is 2.33. The number of carbonyl (C=O) groups is 2. The van der Waals surface area contributed by atoms with Crippen LogP contribution >= 0.6 is 28.3 Å². The van der Waals surface area contributed by atoms with E-state index in [4.69, 9.17) is 0 Å². The van der Waals surface area contributed by atoms with Crippen LogP contribution in [0.2, 0.25) is 0 Å². The highest BCUT2D eigenvalue weighted by Crippen LogP contribution is 2.23. The SMILES string of the molecule is C[C@@H]1CNCCN1C(=O)C1CCN(C(=O)c2ccc(Br)cc2)CC1.Cl. The highest BCUT2D eigenvalue weighted by atomic mass is 79.9. The molecule has 2 fully saturated rings. The molecule has 2 aliphatic rings. The lowest BCUT2D eigenvalue weighted by Crippen LogP contribution is -2.55. The summed E-state index contributed by atoms with van der Waals surface area (Å²) in [6, 6.07) is 7.71. The summed E-state index contributed by atoms with van der Waals surface area (Å²) in [5.41, 5.74) is 0.707. The van der Waals surface area contributed by atoms with Crippen LogP contribution in [0.5, 0.6) is 0 Å². The molecule has 5 nitrogen and oxygen atoms in total. The number of carbonyl (C=O) groups excluding carboxylic acids is 2. The first-order chi connectivity index (χ1) is 11.6. The van der Waals surface area contributed by atoms with Crippen molar-refractivity contribution in [3.05, 3.63) is 34.3 Å². The molecule has 1 aromatic rings. The van der Waals surface area contributed by atoms with Crippen LogP contribution in [-0.2, 0) is 4.79 Å². The second-order valence-corrected chi connectivity index (χ2v) is 7.57. The van der Waals surface area contributed by atoms with E-state index < -0.39 is 0 Å². The summed E-state index contributed by atoms with van der Waals surface area (Å²) in [7, 11) is 0. The third-order valence-electron chi connectivity index (χ3n) is 5.01. The van der Waals surface area contributed by atoms with E-state index in [1.807, 2.05) is 34.1 Å². The van der Waals surface area contributed by atoms with E-state index in [2.05, 4.69) is 28.2 Å². The van der Waals surface area contributed by atoms with E-state index in [-0.39, 0.29) is 36.2 Å². The molecule has 0 saturated carbocycles. The molecule has 0 radical (unpaired) electrons. The number of hydrogen-bond acceptors (Lipinski definition) is 3. The predicted octanol–water partition coefficient (Wildman–Crippen LogP) is 2.54. The minimum Gasteiger partial charge on any atom is -0.339 e. The molecular weight excluding hydrogens is 406 g/mol. The first kappa shape index (κ1) is 20.2. The Morgan fingerprint density at radius 3 is 2.36 bits per heavy atom. The number of halogens is 2. The minimum atomic E-state index is 0. The van der Waals surface area contributed by atoms with Crippen LogP contribution in [0.4, 0.5) is 0 Å². The van der Waals surface area contributed by atoms with E-state index in [0.717, 1.165) is 36.9 Å². The van der Waals surface area contributed by atoms with Gasteiger partial charge in [-0.25, -0.2) is 0 Å². The zero-order valence-electron chi connectivity index (χ0n) is 14.4. The van der Waals surface area contributed by atoms with Gasteiger partial charge in [-0.15, -0.1) is 12.4 Å². The molecule has 0 bridgehead atoms. The summed E-state index contributed by atoms with van der Waals surface area (Å²) in [5, 5.41) is 3.32. The van der Waals surface area contributed by atoms with Crippen molar-refractivity contribution in [2.75, 3.05) is 32.7 Å². The molecule has 3 rings (SSSR count). The molecule has 2 aliphatic heterocycles. The summed E-state index contributed by atoms with van der Waals surface area (Å²) >= 11 is 3.39. The fraction of sp³-hybridized carbons (Fsp3) is 0.556. The second kappa shape index (κ2) is 9.01. The van der Waals surface area contributed by atoms with Gasteiger partial charge in [0.1, 0.15) is 0 Å². The van der Waals surface area contributed by atoms with Crippen LogP contribution in [-0.4, -0.2) is 60.4 Å². The summed E-state index contributed by atoms with van der Waals surface area (Å²) in [4.78, 5) is 29.2. The lowest BCUT2D eigenvalue weighted by atomic mass is 9.94. The number of rotatable bonds is 2. The van der Waals surface area contributed by atoms with Crippen LogP contribution in [0.1, 0.15) is 30.1 Å². The van der Waals surface area contributed by atoms with Gasteiger partial charge in [0.25, 0.3) is 5.91 Å². The normalized spacial score (nSPS) is 21.6. The van der Waals surface area contributed by atoms with Gasteiger partial charge in [-0.3, -0.25) is 9.59 Å². The molecule has 25 heavy (non-hydrogen) atoms. The van der Waals surface area contributed by atoms with E-state index in [1.165, 1.54) is 0 Å². The molecule has 1 atom stereocenters. The van der Waals surface area contributed by atoms with Gasteiger partial charge in [0.15, 0.2) is 0 Å². The first-order valence-electron chi connectivity index (χ1n) is 8.62. The van der Waals surface area contributed by atoms with E-state index >= 15 is 0 Å². The van der Waals surface area contributed by atoms with Crippen molar-refractivity contribution in [3.8, 4) is 0 Å². The van der Waals surface area contributed by atoms with Crippen molar-refractivity contribution in [2.45, 2.75) is 25.8 Å². The number of likely N-dealkylation sites (tertiary alicyclic amines) is 1. The Kier molecular flexibility index (Phi) is 7.28. The van der Waals surface area contributed by atoms with Crippen LogP contribution in [0, 0.1) is 5.92 Å². The van der Waals surface area contributed by atoms with Gasteiger partial charge in [-0.05, 0) is 44.0 Å². The summed E-state index contributed by atoms with van der Waals surface area (Å²) in [5.74, 6) is 0.378. The Hall–Kier alpha value is -1.11. The molecule has 0 aliphatic carbocycles. The fourth-order valence-corrected chi connectivity index (χ4v) is 3.77. The molecule has 2 saturated heterocycles. The van der Waals surface area contributed by atoms with E-state index in [1.54, 1.807) is 0 Å². The summed E-state index contributed by atoms with van der Waals surface area (Å²) in [6.45, 7) is 5.94. The van der Waals surface area contributed by atoms with Crippen LogP contribution in [0.15, 0.2) is 28.7 Å². The molecule has 2 amide bonds. The summed E-state index contributed by atoms with van der Waals surface area (Å²) in [6.07, 6.45) is 1.52. The second-order valence-electron chi connectivity index (χ2n) is 6.66. The number of nitrogens with one attached hydrogen (secondary N) is 1. The molecule has 0 aromatic heterocycles. The molecule has 7 heteroatoms. The maximum absolute atomic E-state index is 12.7. The smallest absolute Gasteiger partial charge is 0.253 e. The fourth-order valence-electron chi connectivity index (χ4n) is 3.51. The number of amides is 2. The van der Waals surface area contributed by atoms with Crippen LogP contribution in [0.3, 0.4) is 0 Å². The van der Waals surface area contributed by atoms with Gasteiger partial charge in [0, 0.05) is 54.7 Å². The lowest BCUT2D eigenvalue weighted by Gasteiger charge is -2.39. The number of piperidine rings is 1. The Bertz CT molecular complexity index is 603. The molecule has 0 spiro atoms. The van der Waals surface area contributed by atoms with Gasteiger partial charge < -0.3 is 15.1 Å². The Balaban J connectivity index is 0.00000225. The largest absolute Gasteiger partial charge is 0.339 e. The molecule has 138 valence electrons. The minimum absolute atomic E-state index is 0. The van der Waals surface area contributed by atoms with Crippen molar-refractivity contribution in [1.82, 2.24) is 15.1 Å². The van der Waals surface area contributed by atoms with Crippen molar-refractivity contribution in [3.63, 3.8) is 0 Å². The van der Waals surface area contributed by atoms with Crippen molar-refractivity contribution in [2.24, 2.45) is 5.92 Å². The first-order valence-corrected chi connectivity index (χ1v) is 9.41. The van der Waals surface area contributed by atoms with E-state index in [9.17, 15) is 9.59 Å². The Morgan fingerprint density at radius 2 is 1.76 bits per heavy atom. The van der Waals surface area contributed by atoms with E-state index in [0.29, 0.717) is 18.7 Å². The maximum atomic E-state index is 12.7. The van der Waals surface area contributed by atoms with Crippen molar-refractivity contribution < 1.29 is 9.59 Å². The number of piperazine rings is 1. The summed E-state index contributed by atoms with van der Waals surface area (Å²) < 4.78 is 0.966. The van der Waals surface area contributed by atoms with Crippen molar-refractivity contribution in [1.29, 1.82) is 0 Å². The quantitative estimate of drug-likeness (QED) is 0.784. The predicted molar refractivity (Wildman–Crippen MR) is 104 cm³/mol. The van der Waals surface area contributed by atoms with Crippen LogP contribution in [0.25, 0.3) is 0 Å². The van der Waals surface area contributed by atoms with Gasteiger partial charge >= 0.3 is 0 Å². The van der Waals surface area contributed by atoms with Gasteiger partial charge in [0.05, 0.1) is 0 Å². The third kappa shape index (κ3) is 4.74. The highest BCUT2D eigenvalue weighted by molar-refractivity contribution is 9.10. The standard InChI is InChI=1S/C18H24BrN3O2.ClH/c1-13-12-20-8-11-22(13)18(24)15-6-9-21(10-7-15)17(23)14-2-4-16(19)5-3-14;/h2-5,13,15,20H,6-12H2,1H3;1H/t13-;/m1./s1. The molecule has 0 unspecified atom stereocenters. The average Bonchev–Trinajstić information content (AvgIpc) is 2.62.